The van der Waals surface area contributed by atoms with Crippen molar-refractivity contribution in [3.63, 3.8) is 0 Å². The molecule has 3 unspecified atom stereocenters. The van der Waals surface area contributed by atoms with Crippen LogP contribution >= 0.6 is 0 Å². The van der Waals surface area contributed by atoms with E-state index in [-0.39, 0.29) is 11.9 Å². The van der Waals surface area contributed by atoms with Gasteiger partial charge in [-0.3, -0.25) is 4.79 Å². The molecule has 8 heteroatoms. The lowest BCUT2D eigenvalue weighted by Gasteiger charge is -2.38. The Labute approximate surface area is 197 Å². The predicted octanol–water partition coefficient (Wildman–Crippen LogP) is 1.36. The average molecular weight is 454 g/mol. The summed E-state index contributed by atoms with van der Waals surface area (Å²) >= 11 is 0. The second-order valence-corrected chi connectivity index (χ2v) is 9.63. The molecule has 1 fully saturated rings. The number of hydrazine groups is 1. The minimum atomic E-state index is -0.493. The van der Waals surface area contributed by atoms with Crippen molar-refractivity contribution in [1.29, 1.82) is 0 Å². The third-order valence-electron chi connectivity index (χ3n) is 7.58. The number of nitrogens with zero attached hydrogens (tertiary/aromatic N) is 3. The van der Waals surface area contributed by atoms with Crippen molar-refractivity contribution >= 4 is 5.91 Å². The molecule has 3 heterocycles. The molecule has 3 aliphatic heterocycles. The van der Waals surface area contributed by atoms with Gasteiger partial charge in [-0.2, -0.15) is 0 Å². The summed E-state index contributed by atoms with van der Waals surface area (Å²) in [4.78, 5) is 17.8. The third kappa shape index (κ3) is 4.90. The molecular weight excluding hydrogens is 414 g/mol. The normalized spacial score (nSPS) is 26.3. The standard InChI is InChI=1S/C25H39N7O/c1-17(18-8-5-6-9-18)31(3)24-21(26)12-13-27-23(24)25(33)28-15-20-10-7-11-22(32(20)4)19-14-29-30(2)16-19/h7,10-13,16-18,20,23,27,29H,5-6,8-9,14-15,26H2,1-4H3,(H,28,33). The van der Waals surface area contributed by atoms with E-state index in [1.165, 1.54) is 37.0 Å². The number of amides is 1. The van der Waals surface area contributed by atoms with Crippen LogP contribution in [0.2, 0.25) is 0 Å². The Balaban J connectivity index is 1.40. The maximum atomic E-state index is 13.3. The number of rotatable bonds is 7. The second kappa shape index (κ2) is 9.95. The van der Waals surface area contributed by atoms with Crippen molar-refractivity contribution < 1.29 is 4.79 Å². The largest absolute Gasteiger partial charge is 0.397 e. The lowest BCUT2D eigenvalue weighted by Crippen LogP contribution is -2.53. The van der Waals surface area contributed by atoms with Gasteiger partial charge in [0.15, 0.2) is 0 Å². The fourth-order valence-electron chi connectivity index (χ4n) is 5.39. The van der Waals surface area contributed by atoms with E-state index in [1.807, 2.05) is 18.1 Å². The fraction of sp³-hybridized carbons (Fsp3) is 0.560. The smallest absolute Gasteiger partial charge is 0.248 e. The van der Waals surface area contributed by atoms with Gasteiger partial charge in [-0.15, -0.1) is 0 Å². The molecule has 33 heavy (non-hydrogen) atoms. The van der Waals surface area contributed by atoms with Gasteiger partial charge in [0, 0.05) is 57.7 Å². The number of carbonyl (C=O) groups excluding carboxylic acids is 1. The summed E-state index contributed by atoms with van der Waals surface area (Å²) in [5.74, 6) is 0.594. The monoisotopic (exact) mass is 453 g/mol. The number of nitrogens with one attached hydrogen (secondary N) is 3. The number of hydrogen-bond donors (Lipinski definition) is 4. The van der Waals surface area contributed by atoms with E-state index in [0.717, 1.165) is 12.2 Å². The fourth-order valence-corrected chi connectivity index (χ4v) is 5.39. The zero-order valence-electron chi connectivity index (χ0n) is 20.3. The molecule has 0 aromatic carbocycles. The van der Waals surface area contributed by atoms with Crippen molar-refractivity contribution in [2.24, 2.45) is 11.7 Å². The maximum Gasteiger partial charge on any atom is 0.248 e. The average Bonchev–Trinajstić information content (AvgIpc) is 3.49. The van der Waals surface area contributed by atoms with E-state index < -0.39 is 6.04 Å². The summed E-state index contributed by atoms with van der Waals surface area (Å²) in [6.45, 7) is 3.58. The van der Waals surface area contributed by atoms with Gasteiger partial charge >= 0.3 is 0 Å². The van der Waals surface area contributed by atoms with Gasteiger partial charge in [0.25, 0.3) is 0 Å². The van der Waals surface area contributed by atoms with E-state index in [9.17, 15) is 4.79 Å². The quantitative estimate of drug-likeness (QED) is 0.463. The Morgan fingerprint density at radius 1 is 1.33 bits per heavy atom. The van der Waals surface area contributed by atoms with Crippen LogP contribution in [0.25, 0.3) is 0 Å². The van der Waals surface area contributed by atoms with Gasteiger partial charge in [0.2, 0.25) is 5.91 Å². The second-order valence-electron chi connectivity index (χ2n) is 9.63. The number of carbonyl (C=O) groups is 1. The SMILES string of the molecule is CC(C1CCCC1)N(C)C1=C(N)C=CNC1C(=O)NCC1C=CC=C(C2=CN(C)NC2)N1C. The van der Waals surface area contributed by atoms with Gasteiger partial charge in [-0.05, 0) is 44.0 Å². The third-order valence-corrected chi connectivity index (χ3v) is 7.58. The molecule has 0 radical (unpaired) electrons. The molecule has 0 saturated heterocycles. The predicted molar refractivity (Wildman–Crippen MR) is 132 cm³/mol. The molecule has 1 aliphatic carbocycles. The molecule has 4 aliphatic rings. The van der Waals surface area contributed by atoms with Crippen LogP contribution < -0.4 is 21.8 Å². The first-order chi connectivity index (χ1) is 15.9. The molecule has 0 bridgehead atoms. The first-order valence-corrected chi connectivity index (χ1v) is 12.1. The number of nitrogens with two attached hydrogens (primary N) is 1. The van der Waals surface area contributed by atoms with E-state index in [0.29, 0.717) is 24.2 Å². The van der Waals surface area contributed by atoms with Crippen LogP contribution in [0.5, 0.6) is 0 Å². The number of allylic oxidation sites excluding steroid dienone is 3. The molecule has 180 valence electrons. The Morgan fingerprint density at radius 3 is 2.79 bits per heavy atom. The van der Waals surface area contributed by atoms with Crippen LogP contribution in [0.15, 0.2) is 59.4 Å². The van der Waals surface area contributed by atoms with Crippen LogP contribution in [0, 0.1) is 5.92 Å². The highest BCUT2D eigenvalue weighted by atomic mass is 16.2. The summed E-state index contributed by atoms with van der Waals surface area (Å²) in [7, 11) is 6.14. The zero-order chi connectivity index (χ0) is 23.5. The molecule has 1 saturated carbocycles. The van der Waals surface area contributed by atoms with Gasteiger partial charge in [-0.25, -0.2) is 5.43 Å². The van der Waals surface area contributed by atoms with Crippen LogP contribution in [0.1, 0.15) is 32.6 Å². The van der Waals surface area contributed by atoms with E-state index in [1.54, 1.807) is 6.20 Å². The van der Waals surface area contributed by atoms with E-state index in [2.05, 4.69) is 71.3 Å². The van der Waals surface area contributed by atoms with Crippen molar-refractivity contribution in [3.05, 3.63) is 59.4 Å². The van der Waals surface area contributed by atoms with Crippen LogP contribution in [0.3, 0.4) is 0 Å². The summed E-state index contributed by atoms with van der Waals surface area (Å²) in [6.07, 6.45) is 17.1. The Hall–Kier alpha value is -2.87. The van der Waals surface area contributed by atoms with E-state index >= 15 is 0 Å². The minimum absolute atomic E-state index is 0.0536. The molecule has 0 spiro atoms. The molecule has 4 rings (SSSR count). The maximum absolute atomic E-state index is 13.3. The lowest BCUT2D eigenvalue weighted by molar-refractivity contribution is -0.122. The van der Waals surface area contributed by atoms with Crippen molar-refractivity contribution in [1.82, 2.24) is 30.9 Å². The Kier molecular flexibility index (Phi) is 7.02. The van der Waals surface area contributed by atoms with Crippen LogP contribution in [-0.4, -0.2) is 73.1 Å². The van der Waals surface area contributed by atoms with Crippen molar-refractivity contribution in [2.75, 3.05) is 34.2 Å². The summed E-state index contributed by atoms with van der Waals surface area (Å²) in [5.41, 5.74) is 13.6. The topological polar surface area (TPSA) is 88.9 Å². The Morgan fingerprint density at radius 2 is 2.09 bits per heavy atom. The first-order valence-electron chi connectivity index (χ1n) is 12.1. The van der Waals surface area contributed by atoms with Crippen molar-refractivity contribution in [3.8, 4) is 0 Å². The van der Waals surface area contributed by atoms with Gasteiger partial charge in [-0.1, -0.05) is 25.0 Å². The molecule has 0 aromatic rings. The first kappa shape index (κ1) is 23.3. The van der Waals surface area contributed by atoms with E-state index in [4.69, 9.17) is 5.73 Å². The van der Waals surface area contributed by atoms with Gasteiger partial charge in [0.1, 0.15) is 6.04 Å². The lowest BCUT2D eigenvalue weighted by atomic mass is 9.96. The molecule has 3 atom stereocenters. The zero-order valence-corrected chi connectivity index (χ0v) is 20.3. The molecule has 5 N–H and O–H groups in total. The highest BCUT2D eigenvalue weighted by Gasteiger charge is 2.34. The van der Waals surface area contributed by atoms with Crippen molar-refractivity contribution in [2.45, 2.75) is 50.7 Å². The molecule has 8 nitrogen and oxygen atoms in total. The summed E-state index contributed by atoms with van der Waals surface area (Å²) < 4.78 is 0. The van der Waals surface area contributed by atoms with Crippen LogP contribution in [-0.2, 0) is 4.79 Å². The molecular formula is C25H39N7O. The summed E-state index contributed by atoms with van der Waals surface area (Å²) in [5, 5.41) is 8.39. The number of dihydropyridines is 1. The molecule has 0 aromatic heterocycles. The number of hydrogen-bond acceptors (Lipinski definition) is 7. The van der Waals surface area contributed by atoms with Gasteiger partial charge in [0.05, 0.1) is 17.4 Å². The minimum Gasteiger partial charge on any atom is -0.397 e. The molecule has 1 amide bonds. The highest BCUT2D eigenvalue weighted by molar-refractivity contribution is 5.85. The Bertz CT molecular complexity index is 896. The number of likely N-dealkylation sites (N-methyl/N-ethyl adjacent to an activating group) is 2. The van der Waals surface area contributed by atoms with Crippen LogP contribution in [0.4, 0.5) is 0 Å². The summed E-state index contributed by atoms with van der Waals surface area (Å²) in [6, 6.07) is -0.0666. The van der Waals surface area contributed by atoms with Gasteiger partial charge < -0.3 is 31.2 Å². The highest BCUT2D eigenvalue weighted by Crippen LogP contribution is 2.32.